The van der Waals surface area contributed by atoms with Gasteiger partial charge in [0.15, 0.2) is 0 Å². The van der Waals surface area contributed by atoms with Crippen LogP contribution in [0.2, 0.25) is 0 Å². The molecule has 2 aliphatic carbocycles. The normalized spacial score (nSPS) is 34.6. The molecule has 2 saturated carbocycles. The van der Waals surface area contributed by atoms with E-state index in [4.69, 9.17) is 4.74 Å². The van der Waals surface area contributed by atoms with Gasteiger partial charge in [0, 0.05) is 13.2 Å². The molecule has 0 spiro atoms. The topological polar surface area (TPSA) is 50.4 Å². The van der Waals surface area contributed by atoms with Crippen molar-refractivity contribution in [1.29, 1.82) is 0 Å². The van der Waals surface area contributed by atoms with Crippen LogP contribution < -0.4 is 10.6 Å². The number of rotatable bonds is 6. The van der Waals surface area contributed by atoms with E-state index in [1.54, 1.807) is 0 Å². The minimum absolute atomic E-state index is 0.0564. The van der Waals surface area contributed by atoms with Crippen molar-refractivity contribution in [2.75, 3.05) is 26.3 Å². The van der Waals surface area contributed by atoms with Crippen LogP contribution in [0.4, 0.5) is 0 Å². The lowest BCUT2D eigenvalue weighted by molar-refractivity contribution is -0.124. The molecule has 0 bridgehead atoms. The molecule has 0 aromatic carbocycles. The van der Waals surface area contributed by atoms with Gasteiger partial charge in [-0.1, -0.05) is 6.42 Å². The van der Waals surface area contributed by atoms with Crippen molar-refractivity contribution in [3.63, 3.8) is 0 Å². The summed E-state index contributed by atoms with van der Waals surface area (Å²) in [6.07, 6.45) is 6.45. The standard InChI is InChI=1S/C14H24N2O2/c17-14(15-6-7-18-9-10-4-5-10)13-12-3-1-2-11(12)8-16-13/h10-13,16H,1-9H2,(H,15,17). The van der Waals surface area contributed by atoms with Crippen LogP contribution in [0, 0.1) is 17.8 Å². The summed E-state index contributed by atoms with van der Waals surface area (Å²) in [7, 11) is 0. The highest BCUT2D eigenvalue weighted by atomic mass is 16.5. The van der Waals surface area contributed by atoms with Crippen molar-refractivity contribution in [2.45, 2.75) is 38.1 Å². The fraction of sp³-hybridized carbons (Fsp3) is 0.929. The van der Waals surface area contributed by atoms with Crippen molar-refractivity contribution in [3.8, 4) is 0 Å². The Balaban J connectivity index is 1.33. The van der Waals surface area contributed by atoms with Crippen LogP contribution in [0.5, 0.6) is 0 Å². The summed E-state index contributed by atoms with van der Waals surface area (Å²) in [6.45, 7) is 3.22. The van der Waals surface area contributed by atoms with Gasteiger partial charge >= 0.3 is 0 Å². The molecule has 4 heteroatoms. The largest absolute Gasteiger partial charge is 0.379 e. The molecule has 1 heterocycles. The highest BCUT2D eigenvalue weighted by Gasteiger charge is 2.42. The molecule has 1 amide bonds. The Labute approximate surface area is 109 Å². The first-order chi connectivity index (χ1) is 8.84. The van der Waals surface area contributed by atoms with E-state index in [2.05, 4.69) is 10.6 Å². The molecule has 0 aromatic rings. The zero-order valence-electron chi connectivity index (χ0n) is 11.0. The van der Waals surface area contributed by atoms with Crippen LogP contribution in [-0.4, -0.2) is 38.3 Å². The second-order valence-corrected chi connectivity index (χ2v) is 6.05. The maximum absolute atomic E-state index is 12.1. The van der Waals surface area contributed by atoms with Gasteiger partial charge in [-0.2, -0.15) is 0 Å². The zero-order chi connectivity index (χ0) is 12.4. The van der Waals surface area contributed by atoms with Gasteiger partial charge in [0.1, 0.15) is 0 Å². The van der Waals surface area contributed by atoms with Crippen LogP contribution in [0.25, 0.3) is 0 Å². The van der Waals surface area contributed by atoms with Crippen LogP contribution in [0.3, 0.4) is 0 Å². The van der Waals surface area contributed by atoms with Gasteiger partial charge in [0.25, 0.3) is 0 Å². The van der Waals surface area contributed by atoms with E-state index in [1.807, 2.05) is 0 Å². The SMILES string of the molecule is O=C(NCCOCC1CC1)C1NCC2CCCC21. The van der Waals surface area contributed by atoms with E-state index < -0.39 is 0 Å². The van der Waals surface area contributed by atoms with Crippen molar-refractivity contribution >= 4 is 5.91 Å². The monoisotopic (exact) mass is 252 g/mol. The van der Waals surface area contributed by atoms with Gasteiger partial charge in [0.2, 0.25) is 5.91 Å². The predicted octanol–water partition coefficient (Wildman–Crippen LogP) is 0.917. The third-order valence-corrected chi connectivity index (χ3v) is 4.62. The first-order valence-corrected chi connectivity index (χ1v) is 7.43. The van der Waals surface area contributed by atoms with E-state index in [-0.39, 0.29) is 11.9 Å². The lowest BCUT2D eigenvalue weighted by atomic mass is 9.94. The van der Waals surface area contributed by atoms with E-state index in [0.29, 0.717) is 19.1 Å². The Morgan fingerprint density at radius 2 is 2.17 bits per heavy atom. The first kappa shape index (κ1) is 12.4. The van der Waals surface area contributed by atoms with E-state index >= 15 is 0 Å². The van der Waals surface area contributed by atoms with Gasteiger partial charge in [-0.25, -0.2) is 0 Å². The third kappa shape index (κ3) is 2.86. The number of fused-ring (bicyclic) bond motifs is 1. The summed E-state index contributed by atoms with van der Waals surface area (Å²) in [4.78, 5) is 12.1. The highest BCUT2D eigenvalue weighted by Crippen LogP contribution is 2.37. The van der Waals surface area contributed by atoms with Gasteiger partial charge in [0.05, 0.1) is 12.6 Å². The quantitative estimate of drug-likeness (QED) is 0.691. The summed E-state index contributed by atoms with van der Waals surface area (Å²) >= 11 is 0. The molecule has 0 aromatic heterocycles. The molecule has 0 radical (unpaired) electrons. The maximum Gasteiger partial charge on any atom is 0.237 e. The number of ether oxygens (including phenoxy) is 1. The van der Waals surface area contributed by atoms with E-state index in [9.17, 15) is 4.79 Å². The summed E-state index contributed by atoms with van der Waals surface area (Å²) in [5.74, 6) is 2.31. The molecule has 3 atom stereocenters. The summed E-state index contributed by atoms with van der Waals surface area (Å²) in [5.41, 5.74) is 0. The molecule has 1 saturated heterocycles. The Kier molecular flexibility index (Phi) is 3.85. The molecule has 2 N–H and O–H groups in total. The molecule has 18 heavy (non-hydrogen) atoms. The third-order valence-electron chi connectivity index (χ3n) is 4.62. The molecule has 3 aliphatic rings. The lowest BCUT2D eigenvalue weighted by Crippen LogP contribution is -2.44. The number of carbonyl (C=O) groups is 1. The van der Waals surface area contributed by atoms with Gasteiger partial charge in [-0.15, -0.1) is 0 Å². The number of carbonyl (C=O) groups excluding carboxylic acids is 1. The van der Waals surface area contributed by atoms with E-state index in [1.165, 1.54) is 32.1 Å². The number of nitrogens with one attached hydrogen (secondary N) is 2. The highest BCUT2D eigenvalue weighted by molar-refractivity contribution is 5.82. The lowest BCUT2D eigenvalue weighted by Gasteiger charge is -2.17. The predicted molar refractivity (Wildman–Crippen MR) is 69.2 cm³/mol. The summed E-state index contributed by atoms with van der Waals surface area (Å²) in [5, 5.41) is 6.38. The second kappa shape index (κ2) is 5.57. The molecule has 1 aliphatic heterocycles. The van der Waals surface area contributed by atoms with Crippen molar-refractivity contribution in [1.82, 2.24) is 10.6 Å². The summed E-state index contributed by atoms with van der Waals surface area (Å²) < 4.78 is 5.52. The van der Waals surface area contributed by atoms with Crippen molar-refractivity contribution in [3.05, 3.63) is 0 Å². The molecule has 3 fully saturated rings. The average Bonchev–Trinajstić information content (AvgIpc) is 2.91. The molecule has 3 unspecified atom stereocenters. The second-order valence-electron chi connectivity index (χ2n) is 6.05. The smallest absolute Gasteiger partial charge is 0.237 e. The fourth-order valence-electron chi connectivity index (χ4n) is 3.37. The Morgan fingerprint density at radius 3 is 3.00 bits per heavy atom. The fourth-order valence-corrected chi connectivity index (χ4v) is 3.37. The molecule has 102 valence electrons. The molecular weight excluding hydrogens is 228 g/mol. The molecular formula is C14H24N2O2. The average molecular weight is 252 g/mol. The van der Waals surface area contributed by atoms with Crippen LogP contribution in [-0.2, 0) is 9.53 Å². The minimum Gasteiger partial charge on any atom is -0.379 e. The molecule has 3 rings (SSSR count). The van der Waals surface area contributed by atoms with Gasteiger partial charge in [-0.05, 0) is 50.0 Å². The summed E-state index contributed by atoms with van der Waals surface area (Å²) in [6, 6.07) is 0.0564. The van der Waals surface area contributed by atoms with Crippen LogP contribution in [0.15, 0.2) is 0 Å². The van der Waals surface area contributed by atoms with Crippen molar-refractivity contribution in [2.24, 2.45) is 17.8 Å². The van der Waals surface area contributed by atoms with Gasteiger partial charge < -0.3 is 15.4 Å². The van der Waals surface area contributed by atoms with E-state index in [0.717, 1.165) is 25.0 Å². The van der Waals surface area contributed by atoms with Crippen LogP contribution >= 0.6 is 0 Å². The zero-order valence-corrected chi connectivity index (χ0v) is 11.0. The Hall–Kier alpha value is -0.610. The number of hydrogen-bond donors (Lipinski definition) is 2. The maximum atomic E-state index is 12.1. The van der Waals surface area contributed by atoms with Crippen LogP contribution in [0.1, 0.15) is 32.1 Å². The van der Waals surface area contributed by atoms with Gasteiger partial charge in [-0.3, -0.25) is 4.79 Å². The molecule has 4 nitrogen and oxygen atoms in total. The first-order valence-electron chi connectivity index (χ1n) is 7.43. The minimum atomic E-state index is 0.0564. The number of amides is 1. The Morgan fingerprint density at radius 1 is 1.28 bits per heavy atom. The number of hydrogen-bond acceptors (Lipinski definition) is 3. The Bertz CT molecular complexity index is 304. The van der Waals surface area contributed by atoms with Crippen molar-refractivity contribution < 1.29 is 9.53 Å².